The van der Waals surface area contributed by atoms with Crippen molar-refractivity contribution in [2.24, 2.45) is 0 Å². The van der Waals surface area contributed by atoms with Crippen LogP contribution in [0.15, 0.2) is 54.9 Å². The fraction of sp³-hybridized carbons (Fsp3) is 0.357. The first-order chi connectivity index (χ1) is 18.5. The number of hydrogen-bond acceptors (Lipinski definition) is 7. The van der Waals surface area contributed by atoms with Crippen molar-refractivity contribution in [1.82, 2.24) is 25.5 Å². The van der Waals surface area contributed by atoms with E-state index in [0.717, 1.165) is 36.5 Å². The minimum atomic E-state index is -0.330. The van der Waals surface area contributed by atoms with E-state index in [-0.39, 0.29) is 11.9 Å². The van der Waals surface area contributed by atoms with Gasteiger partial charge in [0.15, 0.2) is 0 Å². The standard InChI is InChI=1S/C28H36N8O2/c1-2-31-26-24(27(37)32-12-15-36-13-4-3-5-14-36)10-11-25(35-26)21-6-8-23(9-7-21)34-28(38)33-18-20-16-22(29)19-30-17-20/h6-11,16-17,19H,2-5,12-15,18,29H2,1H3,(H,31,35)(H,32,37)(H2,33,34,38). The molecule has 0 radical (unpaired) electrons. The van der Waals surface area contributed by atoms with E-state index in [0.29, 0.717) is 42.4 Å². The molecule has 1 aromatic carbocycles. The molecule has 1 fully saturated rings. The maximum atomic E-state index is 12.9. The number of nitrogen functional groups attached to an aromatic ring is 1. The molecule has 10 heteroatoms. The summed E-state index contributed by atoms with van der Waals surface area (Å²) in [6.45, 7) is 6.63. The Bertz CT molecular complexity index is 1230. The van der Waals surface area contributed by atoms with Crippen LogP contribution in [0.25, 0.3) is 11.3 Å². The third kappa shape index (κ3) is 7.66. The molecule has 3 amide bonds. The fourth-order valence-corrected chi connectivity index (χ4v) is 4.40. The number of urea groups is 1. The van der Waals surface area contributed by atoms with Gasteiger partial charge in [0.2, 0.25) is 0 Å². The van der Waals surface area contributed by atoms with Crippen LogP contribution in [0.2, 0.25) is 0 Å². The summed E-state index contributed by atoms with van der Waals surface area (Å²) in [5.41, 5.74) is 9.87. The molecule has 6 N–H and O–H groups in total. The van der Waals surface area contributed by atoms with Gasteiger partial charge in [-0.25, -0.2) is 9.78 Å². The molecule has 1 saturated heterocycles. The number of hydrogen-bond donors (Lipinski definition) is 5. The number of nitrogens with two attached hydrogens (primary N) is 1. The van der Waals surface area contributed by atoms with Crippen molar-refractivity contribution in [2.45, 2.75) is 32.7 Å². The van der Waals surface area contributed by atoms with Crippen molar-refractivity contribution < 1.29 is 9.59 Å². The second-order valence-electron chi connectivity index (χ2n) is 9.29. The topological polar surface area (TPSA) is 137 Å². The van der Waals surface area contributed by atoms with Crippen LogP contribution in [0, 0.1) is 0 Å². The Morgan fingerprint density at radius 1 is 1.00 bits per heavy atom. The van der Waals surface area contributed by atoms with Crippen molar-refractivity contribution in [3.05, 3.63) is 66.0 Å². The summed E-state index contributed by atoms with van der Waals surface area (Å²) in [7, 11) is 0. The van der Waals surface area contributed by atoms with Crippen LogP contribution < -0.4 is 27.0 Å². The third-order valence-electron chi connectivity index (χ3n) is 6.35. The van der Waals surface area contributed by atoms with Crippen LogP contribution >= 0.6 is 0 Å². The van der Waals surface area contributed by atoms with Crippen molar-refractivity contribution in [3.63, 3.8) is 0 Å². The maximum Gasteiger partial charge on any atom is 0.319 e. The van der Waals surface area contributed by atoms with Gasteiger partial charge in [0, 0.05) is 49.8 Å². The molecule has 1 aliphatic rings. The van der Waals surface area contributed by atoms with Crippen molar-refractivity contribution in [1.29, 1.82) is 0 Å². The highest BCUT2D eigenvalue weighted by Gasteiger charge is 2.15. The van der Waals surface area contributed by atoms with Gasteiger partial charge in [0.1, 0.15) is 5.82 Å². The summed E-state index contributed by atoms with van der Waals surface area (Å²) < 4.78 is 0. The Hall–Kier alpha value is -4.18. The van der Waals surface area contributed by atoms with Gasteiger partial charge in [-0.2, -0.15) is 0 Å². The van der Waals surface area contributed by atoms with Gasteiger partial charge in [-0.15, -0.1) is 0 Å². The highest BCUT2D eigenvalue weighted by Crippen LogP contribution is 2.24. The van der Waals surface area contributed by atoms with Crippen molar-refractivity contribution >= 4 is 29.1 Å². The number of likely N-dealkylation sites (tertiary alicyclic amines) is 1. The third-order valence-corrected chi connectivity index (χ3v) is 6.35. The summed E-state index contributed by atoms with van der Waals surface area (Å²) >= 11 is 0. The number of aromatic nitrogens is 2. The number of carbonyl (C=O) groups excluding carboxylic acids is 2. The van der Waals surface area contributed by atoms with E-state index >= 15 is 0 Å². The number of benzene rings is 1. The summed E-state index contributed by atoms with van der Waals surface area (Å²) in [5.74, 6) is 0.426. The molecule has 3 aromatic rings. The van der Waals surface area contributed by atoms with E-state index in [1.54, 1.807) is 24.5 Å². The molecule has 200 valence electrons. The van der Waals surface area contributed by atoms with Gasteiger partial charge in [0.05, 0.1) is 16.9 Å². The van der Waals surface area contributed by atoms with Gasteiger partial charge in [0.25, 0.3) is 5.91 Å². The molecule has 0 aliphatic carbocycles. The highest BCUT2D eigenvalue weighted by atomic mass is 16.2. The number of rotatable bonds is 10. The van der Waals surface area contributed by atoms with Crippen molar-refractivity contribution in [3.8, 4) is 11.3 Å². The van der Waals surface area contributed by atoms with Gasteiger partial charge in [-0.1, -0.05) is 18.6 Å². The Labute approximate surface area is 223 Å². The zero-order chi connectivity index (χ0) is 26.7. The lowest BCUT2D eigenvalue weighted by Crippen LogP contribution is -2.37. The average Bonchev–Trinajstić information content (AvgIpc) is 2.93. The van der Waals surface area contributed by atoms with Crippen LogP contribution in [-0.2, 0) is 6.54 Å². The minimum Gasteiger partial charge on any atom is -0.397 e. The summed E-state index contributed by atoms with van der Waals surface area (Å²) in [6, 6.07) is 12.5. The molecule has 0 unspecified atom stereocenters. The highest BCUT2D eigenvalue weighted by molar-refractivity contribution is 5.99. The molecular formula is C28H36N8O2. The van der Waals surface area contributed by atoms with Gasteiger partial charge < -0.3 is 31.9 Å². The van der Waals surface area contributed by atoms with E-state index in [1.165, 1.54) is 19.3 Å². The van der Waals surface area contributed by atoms with Gasteiger partial charge >= 0.3 is 6.03 Å². The fourth-order valence-electron chi connectivity index (χ4n) is 4.40. The van der Waals surface area contributed by atoms with Crippen molar-refractivity contribution in [2.75, 3.05) is 49.1 Å². The lowest BCUT2D eigenvalue weighted by atomic mass is 10.1. The van der Waals surface area contributed by atoms with E-state index in [4.69, 9.17) is 10.7 Å². The van der Waals surface area contributed by atoms with Crippen LogP contribution in [0.3, 0.4) is 0 Å². The number of anilines is 3. The first kappa shape index (κ1) is 26.9. The van der Waals surface area contributed by atoms with E-state index in [2.05, 4.69) is 31.2 Å². The molecule has 0 atom stereocenters. The number of pyridine rings is 2. The minimum absolute atomic E-state index is 0.128. The van der Waals surface area contributed by atoms with Crippen LogP contribution in [0.4, 0.5) is 22.0 Å². The lowest BCUT2D eigenvalue weighted by Gasteiger charge is -2.26. The zero-order valence-corrected chi connectivity index (χ0v) is 21.8. The quantitative estimate of drug-likeness (QED) is 0.277. The Kier molecular flexibility index (Phi) is 9.47. The number of amides is 3. The predicted molar refractivity (Wildman–Crippen MR) is 151 cm³/mol. The number of carbonyl (C=O) groups is 2. The Morgan fingerprint density at radius 2 is 1.79 bits per heavy atom. The molecule has 3 heterocycles. The normalized spacial score (nSPS) is 13.5. The lowest BCUT2D eigenvalue weighted by molar-refractivity contribution is 0.0947. The van der Waals surface area contributed by atoms with E-state index in [1.807, 2.05) is 37.3 Å². The van der Waals surface area contributed by atoms with Crippen LogP contribution in [0.1, 0.15) is 42.1 Å². The van der Waals surface area contributed by atoms with Gasteiger partial charge in [-0.05, 0) is 68.8 Å². The smallest absolute Gasteiger partial charge is 0.319 e. The molecule has 0 bridgehead atoms. The SMILES string of the molecule is CCNc1nc(-c2ccc(NC(=O)NCc3cncc(N)c3)cc2)ccc1C(=O)NCCN1CCCCC1. The van der Waals surface area contributed by atoms with E-state index in [9.17, 15) is 9.59 Å². The molecule has 0 spiro atoms. The number of nitrogens with one attached hydrogen (secondary N) is 4. The second kappa shape index (κ2) is 13.4. The number of piperidine rings is 1. The first-order valence-electron chi connectivity index (χ1n) is 13.1. The number of nitrogens with zero attached hydrogens (tertiary/aromatic N) is 3. The Balaban J connectivity index is 1.34. The molecular weight excluding hydrogens is 480 g/mol. The first-order valence-corrected chi connectivity index (χ1v) is 13.1. The molecule has 0 saturated carbocycles. The van der Waals surface area contributed by atoms with Crippen LogP contribution in [-0.4, -0.2) is 59.5 Å². The molecule has 10 nitrogen and oxygen atoms in total. The summed E-state index contributed by atoms with van der Waals surface area (Å²) in [4.78, 5) is 36.3. The summed E-state index contributed by atoms with van der Waals surface area (Å²) in [6.07, 6.45) is 6.97. The second-order valence-corrected chi connectivity index (χ2v) is 9.29. The molecule has 2 aromatic heterocycles. The monoisotopic (exact) mass is 516 g/mol. The predicted octanol–water partition coefficient (Wildman–Crippen LogP) is 3.70. The van der Waals surface area contributed by atoms with Crippen LogP contribution in [0.5, 0.6) is 0 Å². The maximum absolute atomic E-state index is 12.9. The average molecular weight is 517 g/mol. The van der Waals surface area contributed by atoms with E-state index < -0.39 is 0 Å². The molecule has 38 heavy (non-hydrogen) atoms. The molecule has 1 aliphatic heterocycles. The molecule has 4 rings (SSSR count). The Morgan fingerprint density at radius 3 is 2.53 bits per heavy atom. The largest absolute Gasteiger partial charge is 0.397 e. The zero-order valence-electron chi connectivity index (χ0n) is 21.8. The van der Waals surface area contributed by atoms with Gasteiger partial charge in [-0.3, -0.25) is 9.78 Å². The summed E-state index contributed by atoms with van der Waals surface area (Å²) in [5, 5.41) is 11.9.